The van der Waals surface area contributed by atoms with E-state index < -0.39 is 4.92 Å². The smallest absolute Gasteiger partial charge is 0.277 e. The Kier molecular flexibility index (Phi) is 6.40. The highest BCUT2D eigenvalue weighted by Crippen LogP contribution is 2.49. The van der Waals surface area contributed by atoms with Crippen molar-refractivity contribution in [3.8, 4) is 45.3 Å². The van der Waals surface area contributed by atoms with Crippen molar-refractivity contribution >= 4 is 12.0 Å². The van der Waals surface area contributed by atoms with E-state index >= 15 is 0 Å². The van der Waals surface area contributed by atoms with Crippen molar-refractivity contribution in [3.05, 3.63) is 64.2 Å². The fourth-order valence-electron chi connectivity index (χ4n) is 3.40. The van der Waals surface area contributed by atoms with Crippen LogP contribution in [0, 0.1) is 10.1 Å². The molecule has 0 saturated heterocycles. The van der Waals surface area contributed by atoms with Gasteiger partial charge in [0, 0.05) is 17.2 Å². The number of benzene rings is 3. The zero-order valence-corrected chi connectivity index (χ0v) is 17.5. The minimum Gasteiger partial charge on any atom is -0.497 e. The van der Waals surface area contributed by atoms with E-state index in [4.69, 9.17) is 18.9 Å². The van der Waals surface area contributed by atoms with Gasteiger partial charge in [-0.05, 0) is 41.5 Å². The van der Waals surface area contributed by atoms with Crippen LogP contribution in [-0.2, 0) is 0 Å². The first-order valence-corrected chi connectivity index (χ1v) is 9.20. The summed E-state index contributed by atoms with van der Waals surface area (Å²) in [7, 11) is 5.82. The van der Waals surface area contributed by atoms with Crippen LogP contribution in [0.5, 0.6) is 23.0 Å². The van der Waals surface area contributed by atoms with Crippen LogP contribution in [-0.4, -0.2) is 39.6 Å². The van der Waals surface area contributed by atoms with Gasteiger partial charge in [-0.25, -0.2) is 0 Å². The van der Waals surface area contributed by atoms with Crippen LogP contribution in [0.1, 0.15) is 10.4 Å². The maximum atomic E-state index is 11.9. The fourth-order valence-corrected chi connectivity index (χ4v) is 3.40. The lowest BCUT2D eigenvalue weighted by atomic mass is 9.93. The highest BCUT2D eigenvalue weighted by molar-refractivity contribution is 5.97. The lowest BCUT2D eigenvalue weighted by Crippen LogP contribution is -2.02. The average Bonchev–Trinajstić information content (AvgIpc) is 2.81. The van der Waals surface area contributed by atoms with Crippen LogP contribution < -0.4 is 18.9 Å². The molecular weight excluding hydrogens is 402 g/mol. The number of methoxy groups -OCH3 is 4. The number of nitro groups is 1. The molecule has 0 fully saturated rings. The number of carbonyl (C=O) groups excluding carboxylic acids is 1. The summed E-state index contributed by atoms with van der Waals surface area (Å²) in [5.74, 6) is 1.36. The van der Waals surface area contributed by atoms with Crippen LogP contribution in [0.25, 0.3) is 22.3 Å². The number of aldehydes is 1. The Morgan fingerprint density at radius 3 is 1.97 bits per heavy atom. The van der Waals surface area contributed by atoms with E-state index in [1.807, 2.05) is 12.1 Å². The molecule has 0 spiro atoms. The highest BCUT2D eigenvalue weighted by Gasteiger charge is 2.27. The Hall–Kier alpha value is -4.07. The molecule has 31 heavy (non-hydrogen) atoms. The molecule has 0 N–H and O–H groups in total. The largest absolute Gasteiger partial charge is 0.497 e. The van der Waals surface area contributed by atoms with E-state index in [1.165, 1.54) is 33.5 Å². The monoisotopic (exact) mass is 423 g/mol. The molecule has 3 aromatic carbocycles. The van der Waals surface area contributed by atoms with Crippen LogP contribution in [0.3, 0.4) is 0 Å². The molecule has 0 unspecified atom stereocenters. The molecule has 0 heterocycles. The van der Waals surface area contributed by atoms with Crippen LogP contribution in [0.2, 0.25) is 0 Å². The van der Waals surface area contributed by atoms with E-state index in [0.29, 0.717) is 12.0 Å². The molecule has 0 aliphatic carbocycles. The predicted octanol–water partition coefficient (Wildman–Crippen LogP) is 4.78. The van der Waals surface area contributed by atoms with Gasteiger partial charge in [0.1, 0.15) is 5.75 Å². The first-order chi connectivity index (χ1) is 15.0. The van der Waals surface area contributed by atoms with E-state index in [0.717, 1.165) is 11.1 Å². The van der Waals surface area contributed by atoms with Crippen molar-refractivity contribution in [2.45, 2.75) is 0 Å². The molecule has 0 atom stereocenters. The summed E-state index contributed by atoms with van der Waals surface area (Å²) >= 11 is 0. The normalized spacial score (nSPS) is 10.3. The molecule has 8 nitrogen and oxygen atoms in total. The Labute approximate surface area is 179 Å². The second kappa shape index (κ2) is 9.17. The number of hydrogen-bond acceptors (Lipinski definition) is 7. The SMILES string of the molecule is COc1ccc(-c2ccc([N+](=O)[O-])c(-c3c(C=O)cc(OC)c(OC)c3OC)c2)cc1. The summed E-state index contributed by atoms with van der Waals surface area (Å²) in [5, 5.41) is 11.8. The quantitative estimate of drug-likeness (QED) is 0.292. The second-order valence-corrected chi connectivity index (χ2v) is 6.44. The van der Waals surface area contributed by atoms with Gasteiger partial charge in [-0.3, -0.25) is 14.9 Å². The molecule has 0 aliphatic heterocycles. The number of nitrogens with zero attached hydrogens (tertiary/aromatic N) is 1. The summed E-state index contributed by atoms with van der Waals surface area (Å²) in [6, 6.07) is 13.4. The summed E-state index contributed by atoms with van der Waals surface area (Å²) < 4.78 is 21.4. The third-order valence-electron chi connectivity index (χ3n) is 4.87. The number of rotatable bonds is 8. The molecule has 160 valence electrons. The van der Waals surface area contributed by atoms with Gasteiger partial charge in [0.05, 0.1) is 38.9 Å². The molecule has 0 radical (unpaired) electrons. The van der Waals surface area contributed by atoms with E-state index in [9.17, 15) is 14.9 Å². The van der Waals surface area contributed by atoms with E-state index in [-0.39, 0.29) is 39.6 Å². The topological polar surface area (TPSA) is 97.1 Å². The first-order valence-electron chi connectivity index (χ1n) is 9.20. The van der Waals surface area contributed by atoms with Gasteiger partial charge in [0.2, 0.25) is 5.75 Å². The summed E-state index contributed by atoms with van der Waals surface area (Å²) in [6.45, 7) is 0. The minimum atomic E-state index is -0.502. The van der Waals surface area contributed by atoms with Gasteiger partial charge in [-0.15, -0.1) is 0 Å². The van der Waals surface area contributed by atoms with Crippen molar-refractivity contribution in [2.24, 2.45) is 0 Å². The van der Waals surface area contributed by atoms with Crippen molar-refractivity contribution in [3.63, 3.8) is 0 Å². The summed E-state index contributed by atoms with van der Waals surface area (Å²) in [6.07, 6.45) is 0.601. The Morgan fingerprint density at radius 2 is 1.45 bits per heavy atom. The summed E-state index contributed by atoms with van der Waals surface area (Å²) in [5.41, 5.74) is 2.01. The molecule has 0 aliphatic rings. The van der Waals surface area contributed by atoms with E-state index in [1.54, 1.807) is 31.4 Å². The molecule has 3 rings (SSSR count). The molecule has 3 aromatic rings. The maximum absolute atomic E-state index is 11.9. The highest BCUT2D eigenvalue weighted by atomic mass is 16.6. The van der Waals surface area contributed by atoms with Crippen LogP contribution in [0.15, 0.2) is 48.5 Å². The molecule has 8 heteroatoms. The lowest BCUT2D eigenvalue weighted by Gasteiger charge is -2.18. The third kappa shape index (κ3) is 4.00. The number of nitro benzene ring substituents is 1. The van der Waals surface area contributed by atoms with Crippen molar-refractivity contribution in [1.82, 2.24) is 0 Å². The molecule has 0 saturated carbocycles. The van der Waals surface area contributed by atoms with Crippen molar-refractivity contribution < 1.29 is 28.7 Å². The fraction of sp³-hybridized carbons (Fsp3) is 0.174. The zero-order chi connectivity index (χ0) is 22.5. The first kappa shape index (κ1) is 21.6. The van der Waals surface area contributed by atoms with Crippen LogP contribution >= 0.6 is 0 Å². The molecule has 0 bridgehead atoms. The predicted molar refractivity (Wildman–Crippen MR) is 116 cm³/mol. The van der Waals surface area contributed by atoms with Gasteiger partial charge < -0.3 is 18.9 Å². The minimum absolute atomic E-state index is 0.166. The second-order valence-electron chi connectivity index (χ2n) is 6.44. The molecule has 0 amide bonds. The lowest BCUT2D eigenvalue weighted by molar-refractivity contribution is -0.384. The maximum Gasteiger partial charge on any atom is 0.277 e. The third-order valence-corrected chi connectivity index (χ3v) is 4.87. The van der Waals surface area contributed by atoms with Crippen LogP contribution in [0.4, 0.5) is 5.69 Å². The Morgan fingerprint density at radius 1 is 0.806 bits per heavy atom. The van der Waals surface area contributed by atoms with Gasteiger partial charge in [0.15, 0.2) is 17.8 Å². The number of ether oxygens (including phenoxy) is 4. The summed E-state index contributed by atoms with van der Waals surface area (Å²) in [4.78, 5) is 23.2. The number of carbonyl (C=O) groups is 1. The number of hydrogen-bond donors (Lipinski definition) is 0. The van der Waals surface area contributed by atoms with E-state index in [2.05, 4.69) is 0 Å². The van der Waals surface area contributed by atoms with Gasteiger partial charge >= 0.3 is 0 Å². The average molecular weight is 423 g/mol. The van der Waals surface area contributed by atoms with Gasteiger partial charge in [0.25, 0.3) is 5.69 Å². The standard InChI is InChI=1S/C23H21NO7/c1-28-17-8-5-14(6-9-17)15-7-10-19(24(26)27)18(11-15)21-16(13-25)12-20(29-2)22(30-3)23(21)31-4/h5-13H,1-4H3. The van der Waals surface area contributed by atoms with Crippen molar-refractivity contribution in [1.29, 1.82) is 0 Å². The van der Waals surface area contributed by atoms with Gasteiger partial charge in [-0.1, -0.05) is 12.1 Å². The van der Waals surface area contributed by atoms with Crippen molar-refractivity contribution in [2.75, 3.05) is 28.4 Å². The molecule has 0 aromatic heterocycles. The zero-order valence-electron chi connectivity index (χ0n) is 17.5. The molecular formula is C23H21NO7. The van der Waals surface area contributed by atoms with Gasteiger partial charge in [-0.2, -0.15) is 0 Å². The Bertz CT molecular complexity index is 1120. The Balaban J connectivity index is 2.34.